The van der Waals surface area contributed by atoms with Crippen molar-refractivity contribution in [1.29, 1.82) is 0 Å². The third kappa shape index (κ3) is 3.32. The molecule has 0 aliphatic carbocycles. The van der Waals surface area contributed by atoms with Crippen LogP contribution in [0.5, 0.6) is 0 Å². The summed E-state index contributed by atoms with van der Waals surface area (Å²) in [6, 6.07) is 3.55. The summed E-state index contributed by atoms with van der Waals surface area (Å²) in [6.45, 7) is 0. The van der Waals surface area contributed by atoms with Crippen LogP contribution in [-0.4, -0.2) is 16.2 Å². The van der Waals surface area contributed by atoms with E-state index in [2.05, 4.69) is 31.2 Å². The highest BCUT2D eigenvalue weighted by molar-refractivity contribution is 9.10. The number of rotatable bonds is 3. The predicted octanol–water partition coefficient (Wildman–Crippen LogP) is 3.57. The largest absolute Gasteiger partial charge is 0.383 e. The summed E-state index contributed by atoms with van der Waals surface area (Å²) in [5.74, 6) is -0.781. The molecule has 0 fully saturated rings. The third-order valence-corrected chi connectivity index (χ3v) is 3.34. The number of aromatic nitrogens is 2. The summed E-state index contributed by atoms with van der Waals surface area (Å²) < 4.78 is 26.9. The molecule has 0 saturated heterocycles. The molecule has 0 saturated carbocycles. The van der Waals surface area contributed by atoms with Gasteiger partial charge in [0.25, 0.3) is 0 Å². The lowest BCUT2D eigenvalue weighted by atomic mass is 10.3. The van der Waals surface area contributed by atoms with Crippen molar-refractivity contribution in [3.63, 3.8) is 0 Å². The molecule has 1 aromatic carbocycles. The number of nitrogen functional groups attached to an aromatic ring is 1. The Morgan fingerprint density at radius 1 is 1.21 bits per heavy atom. The molecule has 1 aromatic heterocycles. The van der Waals surface area contributed by atoms with Gasteiger partial charge in [0, 0.05) is 12.1 Å². The van der Waals surface area contributed by atoms with E-state index < -0.39 is 11.6 Å². The maximum atomic E-state index is 13.6. The molecule has 8 heteroatoms. The number of halogens is 3. The Bertz CT molecular complexity index is 624. The minimum Gasteiger partial charge on any atom is -0.383 e. The van der Waals surface area contributed by atoms with Crippen LogP contribution in [-0.2, 0) is 0 Å². The molecule has 0 unspecified atom stereocenters. The summed E-state index contributed by atoms with van der Waals surface area (Å²) >= 11 is 4.31. The van der Waals surface area contributed by atoms with Crippen molar-refractivity contribution in [1.82, 2.24) is 9.97 Å². The van der Waals surface area contributed by atoms with Crippen LogP contribution in [0.1, 0.15) is 0 Å². The Morgan fingerprint density at radius 2 is 1.95 bits per heavy atom. The molecule has 3 N–H and O–H groups in total. The van der Waals surface area contributed by atoms with Gasteiger partial charge in [0.2, 0.25) is 0 Å². The zero-order valence-corrected chi connectivity index (χ0v) is 12.1. The lowest BCUT2D eigenvalue weighted by Crippen LogP contribution is -2.01. The van der Waals surface area contributed by atoms with Crippen LogP contribution in [0.25, 0.3) is 0 Å². The van der Waals surface area contributed by atoms with Crippen molar-refractivity contribution >= 4 is 45.0 Å². The predicted molar refractivity (Wildman–Crippen MR) is 75.6 cm³/mol. The number of anilines is 3. The molecule has 4 nitrogen and oxygen atoms in total. The number of hydrogen-bond donors (Lipinski definition) is 2. The molecule has 1 heterocycles. The van der Waals surface area contributed by atoms with Crippen molar-refractivity contribution < 1.29 is 8.78 Å². The summed E-state index contributed by atoms with van der Waals surface area (Å²) in [5, 5.41) is 3.20. The first kappa shape index (κ1) is 14.0. The van der Waals surface area contributed by atoms with E-state index in [-0.39, 0.29) is 16.0 Å². The van der Waals surface area contributed by atoms with E-state index in [4.69, 9.17) is 5.73 Å². The maximum absolute atomic E-state index is 13.6. The van der Waals surface area contributed by atoms with Gasteiger partial charge in [0.1, 0.15) is 23.3 Å². The molecule has 0 radical (unpaired) electrons. The van der Waals surface area contributed by atoms with Crippen LogP contribution < -0.4 is 11.1 Å². The van der Waals surface area contributed by atoms with Crippen LogP contribution in [0.3, 0.4) is 0 Å². The van der Waals surface area contributed by atoms with Gasteiger partial charge in [-0.2, -0.15) is 0 Å². The molecule has 100 valence electrons. The molecule has 0 atom stereocenters. The summed E-state index contributed by atoms with van der Waals surface area (Å²) in [7, 11) is 0. The lowest BCUT2D eigenvalue weighted by Gasteiger charge is -2.09. The van der Waals surface area contributed by atoms with Gasteiger partial charge in [0.15, 0.2) is 5.16 Å². The highest BCUT2D eigenvalue weighted by Crippen LogP contribution is 2.26. The second-order valence-corrected chi connectivity index (χ2v) is 5.16. The Hall–Kier alpha value is -1.41. The second kappa shape index (κ2) is 5.70. The first-order valence-electron chi connectivity index (χ1n) is 5.09. The molecule has 2 aromatic rings. The normalized spacial score (nSPS) is 10.5. The summed E-state index contributed by atoms with van der Waals surface area (Å²) in [5.41, 5.74) is 5.71. The average molecular weight is 347 g/mol. The molecule has 0 spiro atoms. The fourth-order valence-corrected chi connectivity index (χ4v) is 2.08. The molecule has 0 amide bonds. The van der Waals surface area contributed by atoms with E-state index in [1.807, 2.05) is 0 Å². The fraction of sp³-hybridized carbons (Fsp3) is 0.0909. The number of benzene rings is 1. The summed E-state index contributed by atoms with van der Waals surface area (Å²) in [4.78, 5) is 8.10. The average Bonchev–Trinajstić information content (AvgIpc) is 2.35. The van der Waals surface area contributed by atoms with Gasteiger partial charge >= 0.3 is 0 Å². The van der Waals surface area contributed by atoms with Crippen LogP contribution in [0, 0.1) is 11.6 Å². The van der Waals surface area contributed by atoms with Gasteiger partial charge < -0.3 is 11.1 Å². The van der Waals surface area contributed by atoms with Crippen LogP contribution in [0.4, 0.5) is 26.1 Å². The Kier molecular flexibility index (Phi) is 4.20. The van der Waals surface area contributed by atoms with E-state index >= 15 is 0 Å². The topological polar surface area (TPSA) is 63.8 Å². The number of thioether (sulfide) groups is 1. The molecular formula is C11H9BrF2N4S. The van der Waals surface area contributed by atoms with Crippen molar-refractivity contribution in [2.24, 2.45) is 0 Å². The first-order chi connectivity index (χ1) is 8.99. The van der Waals surface area contributed by atoms with E-state index in [9.17, 15) is 8.78 Å². The molecule has 2 rings (SSSR count). The van der Waals surface area contributed by atoms with Crippen LogP contribution in [0.15, 0.2) is 27.8 Å². The zero-order chi connectivity index (χ0) is 14.0. The first-order valence-corrected chi connectivity index (χ1v) is 7.11. The third-order valence-electron chi connectivity index (χ3n) is 2.18. The molecule has 0 aliphatic rings. The highest BCUT2D eigenvalue weighted by Gasteiger charge is 2.10. The van der Waals surface area contributed by atoms with Gasteiger partial charge in [0.05, 0.1) is 10.2 Å². The van der Waals surface area contributed by atoms with Crippen LogP contribution >= 0.6 is 27.7 Å². The molecule has 0 bridgehead atoms. The minimum absolute atomic E-state index is 0.0958. The van der Waals surface area contributed by atoms with E-state index in [1.165, 1.54) is 23.9 Å². The highest BCUT2D eigenvalue weighted by atomic mass is 79.9. The smallest absolute Gasteiger partial charge is 0.191 e. The quantitative estimate of drug-likeness (QED) is 0.505. The molecule has 19 heavy (non-hydrogen) atoms. The van der Waals surface area contributed by atoms with E-state index in [0.717, 1.165) is 6.07 Å². The Labute approximate surface area is 121 Å². The number of nitrogens with zero attached hydrogens (tertiary/aromatic N) is 2. The van der Waals surface area contributed by atoms with Gasteiger partial charge in [-0.1, -0.05) is 11.8 Å². The van der Waals surface area contributed by atoms with Crippen LogP contribution in [0.2, 0.25) is 0 Å². The zero-order valence-electron chi connectivity index (χ0n) is 9.75. The Balaban J connectivity index is 2.36. The number of nitrogens with two attached hydrogens (primary N) is 1. The molecular weight excluding hydrogens is 338 g/mol. The minimum atomic E-state index is -0.719. The fourth-order valence-electron chi connectivity index (χ4n) is 1.35. The van der Waals surface area contributed by atoms with Crippen molar-refractivity contribution in [2.45, 2.75) is 5.16 Å². The van der Waals surface area contributed by atoms with E-state index in [0.29, 0.717) is 11.0 Å². The van der Waals surface area contributed by atoms with Gasteiger partial charge in [-0.05, 0) is 28.3 Å². The SMILES string of the molecule is CSc1nc(N)cc(Nc2cc(Br)c(F)cc2F)n1. The number of nitrogens with one attached hydrogen (secondary N) is 1. The Morgan fingerprint density at radius 3 is 2.63 bits per heavy atom. The maximum Gasteiger partial charge on any atom is 0.191 e. The van der Waals surface area contributed by atoms with Gasteiger partial charge in [-0.25, -0.2) is 18.7 Å². The standard InChI is InChI=1S/C11H9BrF2N4S/c1-19-11-17-9(15)4-10(18-11)16-8-2-5(12)6(13)3-7(8)14/h2-4H,1H3,(H3,15,16,17,18). The second-order valence-electron chi connectivity index (χ2n) is 3.54. The molecule has 0 aliphatic heterocycles. The monoisotopic (exact) mass is 346 g/mol. The van der Waals surface area contributed by atoms with E-state index in [1.54, 1.807) is 6.26 Å². The van der Waals surface area contributed by atoms with Crippen molar-refractivity contribution in [3.05, 3.63) is 34.3 Å². The van der Waals surface area contributed by atoms with Gasteiger partial charge in [-0.15, -0.1) is 0 Å². The summed E-state index contributed by atoms with van der Waals surface area (Å²) in [6.07, 6.45) is 1.80. The number of hydrogen-bond acceptors (Lipinski definition) is 5. The van der Waals surface area contributed by atoms with Crippen molar-refractivity contribution in [2.75, 3.05) is 17.3 Å². The lowest BCUT2D eigenvalue weighted by molar-refractivity contribution is 0.581. The van der Waals surface area contributed by atoms with Crippen molar-refractivity contribution in [3.8, 4) is 0 Å². The van der Waals surface area contributed by atoms with Gasteiger partial charge in [-0.3, -0.25) is 0 Å².